The number of nitrogens with zero attached hydrogens (tertiary/aromatic N) is 1. The standard InChI is InChI=1S/C80H137NO8/c1-6-8-10-12-14-16-18-20-22-24-26-28-30-32-34-36-37-38-39-40-41-43-45-47-49-51-53-55-57-59-61-63-65-67-69-71-78(83)89-76(75-88-80(79(84)85)86-73-72-81(3,4)5)74-87-77(82)70-68-66-64-62-60-58-56-54-52-50-48-46-44-42-35-33-31-29-27-25-23-21-19-17-15-13-11-9-7-2/h8-11,14-17,20-23,26-29,32-35,76,80H,6-7,12-13,18-19,24-25,30-31,36-75H2,1-5H3/p+1/b10-8-,11-9-,16-14-,17-15-,22-20-,23-21-,28-26-,29-27-,34-32-,35-33-. The molecule has 1 N–H and O–H groups in total. The zero-order valence-corrected chi connectivity index (χ0v) is 58.3. The van der Waals surface area contributed by atoms with Gasteiger partial charge in [0.15, 0.2) is 6.10 Å². The van der Waals surface area contributed by atoms with Crippen LogP contribution in [-0.4, -0.2) is 87.4 Å². The fourth-order valence-electron chi connectivity index (χ4n) is 10.2. The maximum absolute atomic E-state index is 13.0. The molecule has 0 aliphatic rings. The predicted octanol–water partition coefficient (Wildman–Crippen LogP) is 23.1. The maximum atomic E-state index is 13.0. The third kappa shape index (κ3) is 71.0. The lowest BCUT2D eigenvalue weighted by atomic mass is 10.0. The quantitative estimate of drug-likeness (QED) is 0.0211. The fraction of sp³-hybridized carbons (Fsp3) is 0.713. The minimum absolute atomic E-state index is 0.185. The van der Waals surface area contributed by atoms with Gasteiger partial charge in [-0.25, -0.2) is 4.79 Å². The molecular formula is C80H138NO8+. The first-order chi connectivity index (χ1) is 43.6. The Morgan fingerprint density at radius 3 is 0.899 bits per heavy atom. The van der Waals surface area contributed by atoms with Crippen LogP contribution in [0.5, 0.6) is 0 Å². The van der Waals surface area contributed by atoms with Gasteiger partial charge in [0.1, 0.15) is 13.2 Å². The van der Waals surface area contributed by atoms with Crippen LogP contribution >= 0.6 is 0 Å². The summed E-state index contributed by atoms with van der Waals surface area (Å²) in [6.45, 7) is 4.68. The number of aliphatic carboxylic acids is 1. The SMILES string of the molecule is CC/C=C\C/C=C\C/C=C\C/C=C\C/C=C\CCCCCCCCCCCCCCCCCCCCCC(=O)OC(COC(=O)CCCCCCCCCCCCCCC/C=C\C/C=C\C/C=C\C/C=C\C/C=C\CC)COC(OCC[N+](C)(C)C)C(=O)O. The van der Waals surface area contributed by atoms with Crippen LogP contribution in [0, 0.1) is 0 Å². The number of hydrogen-bond acceptors (Lipinski definition) is 7. The summed E-state index contributed by atoms with van der Waals surface area (Å²) < 4.78 is 23.0. The second-order valence-electron chi connectivity index (χ2n) is 25.5. The van der Waals surface area contributed by atoms with Crippen LogP contribution in [-0.2, 0) is 33.3 Å². The number of carbonyl (C=O) groups excluding carboxylic acids is 2. The highest BCUT2D eigenvalue weighted by atomic mass is 16.7. The molecule has 2 unspecified atom stereocenters. The van der Waals surface area contributed by atoms with E-state index in [0.717, 1.165) is 103 Å². The van der Waals surface area contributed by atoms with Gasteiger partial charge in [-0.05, 0) is 103 Å². The Labute approximate surface area is 548 Å². The third-order valence-electron chi connectivity index (χ3n) is 15.7. The zero-order valence-electron chi connectivity index (χ0n) is 58.3. The summed E-state index contributed by atoms with van der Waals surface area (Å²) in [4.78, 5) is 37.7. The number of likely N-dealkylation sites (N-methyl/N-ethyl adjacent to an activating group) is 1. The molecule has 0 radical (unpaired) electrons. The summed E-state index contributed by atoms with van der Waals surface area (Å²) in [5.41, 5.74) is 0. The maximum Gasteiger partial charge on any atom is 0.361 e. The Balaban J connectivity index is 4.07. The van der Waals surface area contributed by atoms with Gasteiger partial charge in [0.25, 0.3) is 6.29 Å². The lowest BCUT2D eigenvalue weighted by Crippen LogP contribution is -2.40. The molecule has 0 aliphatic carbocycles. The highest BCUT2D eigenvalue weighted by Crippen LogP contribution is 2.18. The van der Waals surface area contributed by atoms with E-state index in [2.05, 4.69) is 135 Å². The molecule has 2 atom stereocenters. The second-order valence-corrected chi connectivity index (χ2v) is 25.5. The van der Waals surface area contributed by atoms with Gasteiger partial charge in [-0.1, -0.05) is 315 Å². The zero-order chi connectivity index (χ0) is 64.7. The van der Waals surface area contributed by atoms with Gasteiger partial charge < -0.3 is 28.5 Å². The van der Waals surface area contributed by atoms with Crippen molar-refractivity contribution < 1.29 is 42.9 Å². The van der Waals surface area contributed by atoms with Crippen molar-refractivity contribution in [3.05, 3.63) is 122 Å². The summed E-state index contributed by atoms with van der Waals surface area (Å²) in [5.74, 6) is -2.00. The largest absolute Gasteiger partial charge is 0.477 e. The lowest BCUT2D eigenvalue weighted by molar-refractivity contribution is -0.870. The number of carboxylic acids is 1. The highest BCUT2D eigenvalue weighted by Gasteiger charge is 2.25. The van der Waals surface area contributed by atoms with Crippen molar-refractivity contribution in [3.63, 3.8) is 0 Å². The molecule has 0 saturated heterocycles. The van der Waals surface area contributed by atoms with E-state index in [4.69, 9.17) is 18.9 Å². The molecule has 0 spiro atoms. The van der Waals surface area contributed by atoms with Crippen molar-refractivity contribution in [1.29, 1.82) is 0 Å². The molecule has 0 saturated carbocycles. The second kappa shape index (κ2) is 69.6. The molecule has 9 nitrogen and oxygen atoms in total. The van der Waals surface area contributed by atoms with Gasteiger partial charge in [0.2, 0.25) is 0 Å². The monoisotopic (exact) mass is 1240 g/mol. The molecule has 0 aliphatic heterocycles. The first kappa shape index (κ1) is 84.7. The van der Waals surface area contributed by atoms with Crippen molar-refractivity contribution in [2.24, 2.45) is 0 Å². The van der Waals surface area contributed by atoms with Gasteiger partial charge in [-0.2, -0.15) is 0 Å². The molecule has 510 valence electrons. The summed E-state index contributed by atoms with van der Waals surface area (Å²) in [6, 6.07) is 0. The van der Waals surface area contributed by atoms with E-state index in [1.807, 2.05) is 21.1 Å². The Morgan fingerprint density at radius 2 is 0.607 bits per heavy atom. The smallest absolute Gasteiger partial charge is 0.361 e. The van der Waals surface area contributed by atoms with E-state index in [-0.39, 0.29) is 32.2 Å². The normalized spacial score (nSPS) is 13.4. The van der Waals surface area contributed by atoms with Crippen LogP contribution in [0.15, 0.2) is 122 Å². The van der Waals surface area contributed by atoms with Gasteiger partial charge in [-0.3, -0.25) is 9.59 Å². The van der Waals surface area contributed by atoms with Crippen LogP contribution < -0.4 is 0 Å². The molecule has 0 amide bonds. The summed E-state index contributed by atoms with van der Waals surface area (Å²) >= 11 is 0. The van der Waals surface area contributed by atoms with Gasteiger partial charge in [0, 0.05) is 12.8 Å². The van der Waals surface area contributed by atoms with E-state index in [1.165, 1.54) is 180 Å². The van der Waals surface area contributed by atoms with Crippen LogP contribution in [0.25, 0.3) is 0 Å². The van der Waals surface area contributed by atoms with Crippen molar-refractivity contribution in [2.45, 2.75) is 322 Å². The van der Waals surface area contributed by atoms with E-state index >= 15 is 0 Å². The minimum atomic E-state index is -1.52. The Hall–Kier alpha value is -4.31. The van der Waals surface area contributed by atoms with Gasteiger partial charge in [0.05, 0.1) is 34.4 Å². The Kier molecular flexibility index (Phi) is 66.2. The highest BCUT2D eigenvalue weighted by molar-refractivity contribution is 5.71. The summed E-state index contributed by atoms with van der Waals surface area (Å²) in [7, 11) is 5.98. The number of ether oxygens (including phenoxy) is 4. The predicted molar refractivity (Wildman–Crippen MR) is 382 cm³/mol. The van der Waals surface area contributed by atoms with Crippen molar-refractivity contribution in [3.8, 4) is 0 Å². The molecule has 0 heterocycles. The van der Waals surface area contributed by atoms with Gasteiger partial charge >= 0.3 is 17.9 Å². The number of carboxylic acid groups (broad SMARTS) is 1. The van der Waals surface area contributed by atoms with Crippen molar-refractivity contribution in [2.75, 3.05) is 47.5 Å². The molecule has 0 aromatic heterocycles. The number of allylic oxidation sites excluding steroid dienone is 20. The number of rotatable bonds is 67. The molecule has 0 rings (SSSR count). The van der Waals surface area contributed by atoms with Crippen LogP contribution in [0.3, 0.4) is 0 Å². The van der Waals surface area contributed by atoms with Crippen molar-refractivity contribution >= 4 is 17.9 Å². The minimum Gasteiger partial charge on any atom is -0.477 e. The first-order valence-corrected chi connectivity index (χ1v) is 36.7. The molecular weight excluding hydrogens is 1100 g/mol. The first-order valence-electron chi connectivity index (χ1n) is 36.7. The van der Waals surface area contributed by atoms with Crippen molar-refractivity contribution in [1.82, 2.24) is 0 Å². The molecule has 9 heteroatoms. The number of unbranched alkanes of at least 4 members (excludes halogenated alkanes) is 32. The average molecular weight is 1240 g/mol. The Bertz CT molecular complexity index is 1880. The fourth-order valence-corrected chi connectivity index (χ4v) is 10.2. The molecule has 0 aromatic carbocycles. The Morgan fingerprint density at radius 1 is 0.337 bits per heavy atom. The third-order valence-corrected chi connectivity index (χ3v) is 15.7. The van der Waals surface area contributed by atoms with Crippen LogP contribution in [0.2, 0.25) is 0 Å². The van der Waals surface area contributed by atoms with E-state index < -0.39 is 24.3 Å². The topological polar surface area (TPSA) is 108 Å². The van der Waals surface area contributed by atoms with Crippen LogP contribution in [0.1, 0.15) is 309 Å². The number of quaternary nitrogens is 1. The molecule has 89 heavy (non-hydrogen) atoms. The van der Waals surface area contributed by atoms with Crippen LogP contribution in [0.4, 0.5) is 0 Å². The number of hydrogen-bond donors (Lipinski definition) is 1. The van der Waals surface area contributed by atoms with Gasteiger partial charge in [-0.15, -0.1) is 0 Å². The number of esters is 2. The number of carbonyl (C=O) groups is 3. The van der Waals surface area contributed by atoms with E-state index in [1.54, 1.807) is 0 Å². The molecule has 0 fully saturated rings. The van der Waals surface area contributed by atoms with E-state index in [9.17, 15) is 19.5 Å². The summed E-state index contributed by atoms with van der Waals surface area (Å²) in [6.07, 6.45) is 96.0. The lowest BCUT2D eigenvalue weighted by Gasteiger charge is -2.25. The molecule has 0 aromatic rings. The summed E-state index contributed by atoms with van der Waals surface area (Å²) in [5, 5.41) is 9.76. The van der Waals surface area contributed by atoms with E-state index in [0.29, 0.717) is 17.4 Å². The average Bonchev–Trinajstić information content (AvgIpc) is 3.64. The molecule has 0 bridgehead atoms.